The molecule has 0 saturated carbocycles. The van der Waals surface area contributed by atoms with E-state index in [0.717, 1.165) is 26.2 Å². The summed E-state index contributed by atoms with van der Waals surface area (Å²) in [4.78, 5) is 9.20. The van der Waals surface area contributed by atoms with Crippen LogP contribution < -0.4 is 11.1 Å². The first-order chi connectivity index (χ1) is 9.34. The first kappa shape index (κ1) is 20.9. The van der Waals surface area contributed by atoms with Crippen molar-refractivity contribution in [3.8, 4) is 0 Å². The molecule has 0 bridgehead atoms. The molecule has 0 spiro atoms. The van der Waals surface area contributed by atoms with Gasteiger partial charge >= 0.3 is 0 Å². The van der Waals surface area contributed by atoms with Gasteiger partial charge in [-0.25, -0.2) is 0 Å². The lowest BCUT2D eigenvalue weighted by Gasteiger charge is -2.27. The quantitative estimate of drug-likeness (QED) is 0.380. The van der Waals surface area contributed by atoms with Gasteiger partial charge in [-0.1, -0.05) is 20.8 Å². The SMILES string of the molecule is CCN1CCCC1CNC(N)=NCC(C)(C)CN(C)C.I. The Morgan fingerprint density at radius 2 is 2.10 bits per heavy atom. The number of nitrogens with one attached hydrogen (secondary N) is 1. The zero-order valence-corrected chi connectivity index (χ0v) is 16.7. The predicted octanol–water partition coefficient (Wildman–Crippen LogP) is 1.58. The van der Waals surface area contributed by atoms with Gasteiger partial charge in [-0.3, -0.25) is 9.89 Å². The molecule has 126 valence electrons. The molecule has 1 atom stereocenters. The van der Waals surface area contributed by atoms with E-state index in [1.54, 1.807) is 0 Å². The van der Waals surface area contributed by atoms with Gasteiger partial charge in [0.25, 0.3) is 0 Å². The second-order valence-electron chi connectivity index (χ2n) is 6.91. The molecule has 0 radical (unpaired) electrons. The lowest BCUT2D eigenvalue weighted by Crippen LogP contribution is -2.43. The Morgan fingerprint density at radius 1 is 1.43 bits per heavy atom. The third-order valence-corrected chi connectivity index (χ3v) is 3.85. The van der Waals surface area contributed by atoms with Crippen LogP contribution in [0.2, 0.25) is 0 Å². The second kappa shape index (κ2) is 9.84. The smallest absolute Gasteiger partial charge is 0.188 e. The van der Waals surface area contributed by atoms with E-state index in [1.165, 1.54) is 19.4 Å². The molecule has 3 N–H and O–H groups in total. The first-order valence-corrected chi connectivity index (χ1v) is 7.76. The van der Waals surface area contributed by atoms with E-state index in [4.69, 9.17) is 5.73 Å². The molecular formula is C15H34IN5. The molecule has 1 aliphatic rings. The van der Waals surface area contributed by atoms with E-state index in [9.17, 15) is 0 Å². The first-order valence-electron chi connectivity index (χ1n) is 7.76. The fourth-order valence-corrected chi connectivity index (χ4v) is 3.03. The third-order valence-electron chi connectivity index (χ3n) is 3.85. The zero-order chi connectivity index (χ0) is 15.2. The van der Waals surface area contributed by atoms with Gasteiger partial charge in [0.05, 0.1) is 0 Å². The van der Waals surface area contributed by atoms with Crippen LogP contribution in [0.4, 0.5) is 0 Å². The minimum Gasteiger partial charge on any atom is -0.370 e. The maximum Gasteiger partial charge on any atom is 0.188 e. The lowest BCUT2D eigenvalue weighted by molar-refractivity contribution is 0.248. The van der Waals surface area contributed by atoms with E-state index < -0.39 is 0 Å². The molecule has 1 heterocycles. The van der Waals surface area contributed by atoms with Crippen LogP contribution in [-0.2, 0) is 0 Å². The van der Waals surface area contributed by atoms with Crippen LogP contribution >= 0.6 is 24.0 Å². The minimum absolute atomic E-state index is 0. The molecule has 21 heavy (non-hydrogen) atoms. The minimum atomic E-state index is 0. The van der Waals surface area contributed by atoms with Crippen molar-refractivity contribution in [2.45, 2.75) is 39.7 Å². The average molecular weight is 411 g/mol. The number of halogens is 1. The highest BCUT2D eigenvalue weighted by Crippen LogP contribution is 2.16. The van der Waals surface area contributed by atoms with Crippen LogP contribution in [0, 0.1) is 5.41 Å². The van der Waals surface area contributed by atoms with Gasteiger partial charge in [0.15, 0.2) is 5.96 Å². The normalized spacial score (nSPS) is 20.7. The summed E-state index contributed by atoms with van der Waals surface area (Å²) in [5, 5.41) is 3.29. The van der Waals surface area contributed by atoms with Gasteiger partial charge in [-0.2, -0.15) is 0 Å². The van der Waals surface area contributed by atoms with Crippen molar-refractivity contribution in [1.29, 1.82) is 0 Å². The Bertz CT molecular complexity index is 317. The van der Waals surface area contributed by atoms with E-state index >= 15 is 0 Å². The van der Waals surface area contributed by atoms with Crippen molar-refractivity contribution in [1.82, 2.24) is 15.1 Å². The van der Waals surface area contributed by atoms with Crippen LogP contribution in [0.5, 0.6) is 0 Å². The van der Waals surface area contributed by atoms with Crippen LogP contribution in [-0.4, -0.2) is 68.6 Å². The van der Waals surface area contributed by atoms with Gasteiger partial charge in [0.2, 0.25) is 0 Å². The largest absolute Gasteiger partial charge is 0.370 e. The number of likely N-dealkylation sites (tertiary alicyclic amines) is 1. The van der Waals surface area contributed by atoms with E-state index in [2.05, 4.69) is 55.0 Å². The van der Waals surface area contributed by atoms with Gasteiger partial charge < -0.3 is 16.0 Å². The molecule has 0 aliphatic carbocycles. The Balaban J connectivity index is 0.00000400. The molecule has 0 aromatic rings. The lowest BCUT2D eigenvalue weighted by atomic mass is 9.93. The van der Waals surface area contributed by atoms with Crippen molar-refractivity contribution in [3.63, 3.8) is 0 Å². The summed E-state index contributed by atoms with van der Waals surface area (Å²) in [5.41, 5.74) is 6.13. The second-order valence-corrected chi connectivity index (χ2v) is 6.91. The fourth-order valence-electron chi connectivity index (χ4n) is 3.03. The highest BCUT2D eigenvalue weighted by molar-refractivity contribution is 14.0. The molecule has 1 aliphatic heterocycles. The number of guanidine groups is 1. The van der Waals surface area contributed by atoms with E-state index in [-0.39, 0.29) is 29.4 Å². The van der Waals surface area contributed by atoms with Crippen LogP contribution in [0.1, 0.15) is 33.6 Å². The van der Waals surface area contributed by atoms with Crippen LogP contribution in [0.25, 0.3) is 0 Å². The summed E-state index contributed by atoms with van der Waals surface area (Å²) in [5.74, 6) is 0.583. The number of hydrogen-bond donors (Lipinski definition) is 2. The standard InChI is InChI=1S/C15H33N5.HI/c1-6-20-9-7-8-13(20)10-17-14(16)18-11-15(2,3)12-19(4)5;/h13H,6-12H2,1-5H3,(H3,16,17,18);1H. The molecule has 6 heteroatoms. The summed E-state index contributed by atoms with van der Waals surface area (Å²) in [6.45, 7) is 11.7. The van der Waals surface area contributed by atoms with Crippen molar-refractivity contribution in [2.75, 3.05) is 46.8 Å². The number of hydrogen-bond acceptors (Lipinski definition) is 3. The Kier molecular flexibility index (Phi) is 9.80. The van der Waals surface area contributed by atoms with Crippen LogP contribution in [0.15, 0.2) is 4.99 Å². The Hall–Kier alpha value is -0.0800. The predicted molar refractivity (Wildman–Crippen MR) is 103 cm³/mol. The van der Waals surface area contributed by atoms with Gasteiger partial charge in [0, 0.05) is 25.7 Å². The molecule has 1 fully saturated rings. The monoisotopic (exact) mass is 411 g/mol. The van der Waals surface area contributed by atoms with Gasteiger partial charge in [0.1, 0.15) is 0 Å². The number of nitrogens with two attached hydrogens (primary N) is 1. The Morgan fingerprint density at radius 3 is 2.67 bits per heavy atom. The highest BCUT2D eigenvalue weighted by atomic mass is 127. The highest BCUT2D eigenvalue weighted by Gasteiger charge is 2.23. The molecule has 1 rings (SSSR count). The third kappa shape index (κ3) is 8.21. The van der Waals surface area contributed by atoms with E-state index in [1.807, 2.05) is 0 Å². The van der Waals surface area contributed by atoms with E-state index in [0.29, 0.717) is 12.0 Å². The van der Waals surface area contributed by atoms with Crippen molar-refractivity contribution >= 4 is 29.9 Å². The molecule has 0 aromatic carbocycles. The summed E-state index contributed by atoms with van der Waals surface area (Å²) in [6, 6.07) is 0.614. The molecule has 5 nitrogen and oxygen atoms in total. The maximum absolute atomic E-state index is 5.98. The van der Waals surface area contributed by atoms with Crippen molar-refractivity contribution in [2.24, 2.45) is 16.1 Å². The molecule has 0 amide bonds. The van der Waals surface area contributed by atoms with Gasteiger partial charge in [-0.15, -0.1) is 24.0 Å². The van der Waals surface area contributed by atoms with Gasteiger partial charge in [-0.05, 0) is 45.4 Å². The number of likely N-dealkylation sites (N-methyl/N-ethyl adjacent to an activating group) is 1. The molecule has 0 aromatic heterocycles. The van der Waals surface area contributed by atoms with Crippen LogP contribution in [0.3, 0.4) is 0 Å². The molecule has 1 unspecified atom stereocenters. The summed E-state index contributed by atoms with van der Waals surface area (Å²) in [6.07, 6.45) is 2.56. The maximum atomic E-state index is 5.98. The zero-order valence-electron chi connectivity index (χ0n) is 14.4. The van der Waals surface area contributed by atoms with Crippen molar-refractivity contribution < 1.29 is 0 Å². The topological polar surface area (TPSA) is 56.9 Å². The summed E-state index contributed by atoms with van der Waals surface area (Å²) >= 11 is 0. The molecular weight excluding hydrogens is 377 g/mol. The number of aliphatic imine (C=N–C) groups is 1. The summed E-state index contributed by atoms with van der Waals surface area (Å²) in [7, 11) is 4.18. The summed E-state index contributed by atoms with van der Waals surface area (Å²) < 4.78 is 0. The number of rotatable bonds is 7. The average Bonchev–Trinajstić information content (AvgIpc) is 2.79. The van der Waals surface area contributed by atoms with Crippen molar-refractivity contribution in [3.05, 3.63) is 0 Å². The Labute approximate surface area is 147 Å². The fraction of sp³-hybridized carbons (Fsp3) is 0.933. The molecule has 1 saturated heterocycles. The number of nitrogens with zero attached hydrogens (tertiary/aromatic N) is 3.